The van der Waals surface area contributed by atoms with Crippen LogP contribution in [0.15, 0.2) is 270 Å². The number of para-hydroxylation sites is 4. The highest BCUT2D eigenvalue weighted by Crippen LogP contribution is 2.57. The van der Waals surface area contributed by atoms with Crippen molar-refractivity contribution in [1.29, 1.82) is 0 Å². The molecule has 0 aliphatic heterocycles. The van der Waals surface area contributed by atoms with Crippen LogP contribution >= 0.6 is 0 Å². The van der Waals surface area contributed by atoms with Gasteiger partial charge in [0, 0.05) is 60.6 Å². The maximum atomic E-state index is 6.61. The van der Waals surface area contributed by atoms with E-state index in [1.165, 1.54) is 157 Å². The van der Waals surface area contributed by atoms with E-state index in [-0.39, 0.29) is 5.41 Å². The SMILES string of the molecule is CCCCCCCCC1(CCCCCCCC)c2cc(C)ccc2-c2ccc(-c3ccc(CC4(Cc5ccc(C)cc5)c5ccccc5-c5ccc(N(c6ccc(-c7cccc8c7oc7ccccc78)cc6)c6ccc(-c7cccc8c7oc7ccccc78)cc6)cc54)cc3)cc21. The van der Waals surface area contributed by atoms with Crippen molar-refractivity contribution in [3.63, 3.8) is 0 Å². The van der Waals surface area contributed by atoms with E-state index < -0.39 is 5.41 Å². The predicted octanol–water partition coefficient (Wildman–Crippen LogP) is 27.1. The first-order valence-electron chi connectivity index (χ1n) is 36.2. The van der Waals surface area contributed by atoms with Gasteiger partial charge in [-0.15, -0.1) is 0 Å². The number of hydrogen-bond acceptors (Lipinski definition) is 3. The molecular weight excluding hydrogens is 1180 g/mol. The number of unbranched alkanes of at least 4 members (excludes halogenated alkanes) is 10. The van der Waals surface area contributed by atoms with Crippen LogP contribution in [-0.2, 0) is 23.7 Å². The van der Waals surface area contributed by atoms with Crippen LogP contribution in [0.3, 0.4) is 0 Å². The molecule has 2 aliphatic carbocycles. The lowest BCUT2D eigenvalue weighted by molar-refractivity contribution is 0.398. The van der Waals surface area contributed by atoms with Gasteiger partial charge >= 0.3 is 0 Å². The Morgan fingerprint density at radius 1 is 0.289 bits per heavy atom. The molecular formula is C94H87NO2. The Morgan fingerprint density at radius 2 is 0.701 bits per heavy atom. The zero-order valence-electron chi connectivity index (χ0n) is 56.9. The number of hydrogen-bond donors (Lipinski definition) is 0. The quantitative estimate of drug-likeness (QED) is 0.0565. The van der Waals surface area contributed by atoms with Crippen molar-refractivity contribution in [1.82, 2.24) is 0 Å². The Labute approximate surface area is 573 Å². The predicted molar refractivity (Wildman–Crippen MR) is 410 cm³/mol. The van der Waals surface area contributed by atoms with E-state index in [2.05, 4.69) is 281 Å². The van der Waals surface area contributed by atoms with Gasteiger partial charge in [0.25, 0.3) is 0 Å². The summed E-state index contributed by atoms with van der Waals surface area (Å²) in [5.74, 6) is 0. The summed E-state index contributed by atoms with van der Waals surface area (Å²) in [6.07, 6.45) is 19.9. The van der Waals surface area contributed by atoms with E-state index in [9.17, 15) is 0 Å². The van der Waals surface area contributed by atoms with Crippen LogP contribution in [0, 0.1) is 13.8 Å². The summed E-state index contributed by atoms with van der Waals surface area (Å²) >= 11 is 0. The van der Waals surface area contributed by atoms with Gasteiger partial charge in [-0.3, -0.25) is 0 Å². The Hall–Kier alpha value is -9.96. The summed E-state index contributed by atoms with van der Waals surface area (Å²) in [5.41, 5.74) is 30.1. The molecule has 1 atom stereocenters. The number of fused-ring (bicyclic) bond motifs is 12. The summed E-state index contributed by atoms with van der Waals surface area (Å²) < 4.78 is 13.2. The third-order valence-electron chi connectivity index (χ3n) is 22.0. The van der Waals surface area contributed by atoms with Gasteiger partial charge in [-0.2, -0.15) is 0 Å². The highest BCUT2D eigenvalue weighted by Gasteiger charge is 2.45. The van der Waals surface area contributed by atoms with Crippen LogP contribution in [0.2, 0.25) is 0 Å². The lowest BCUT2D eigenvalue weighted by atomic mass is 9.69. The van der Waals surface area contributed by atoms with Gasteiger partial charge in [0.1, 0.15) is 22.3 Å². The Balaban J connectivity index is 0.790. The van der Waals surface area contributed by atoms with Crippen LogP contribution in [-0.4, -0.2) is 0 Å². The first-order chi connectivity index (χ1) is 47.8. The van der Waals surface area contributed by atoms with Gasteiger partial charge in [-0.1, -0.05) is 308 Å². The van der Waals surface area contributed by atoms with Crippen molar-refractivity contribution >= 4 is 60.9 Å². The summed E-state index contributed by atoms with van der Waals surface area (Å²) in [5, 5.41) is 4.51. The molecule has 0 fully saturated rings. The average Bonchev–Trinajstić information content (AvgIpc) is 1.58. The minimum atomic E-state index is -0.404. The van der Waals surface area contributed by atoms with Gasteiger partial charge < -0.3 is 13.7 Å². The summed E-state index contributed by atoms with van der Waals surface area (Å²) in [6, 6.07) is 98.5. The molecule has 12 aromatic carbocycles. The third-order valence-corrected chi connectivity index (χ3v) is 22.0. The molecule has 0 radical (unpaired) electrons. The van der Waals surface area contributed by atoms with Crippen molar-refractivity contribution < 1.29 is 8.83 Å². The number of aryl methyl sites for hydroxylation is 2. The zero-order valence-corrected chi connectivity index (χ0v) is 56.9. The molecule has 1 unspecified atom stereocenters. The smallest absolute Gasteiger partial charge is 0.143 e. The van der Waals surface area contributed by atoms with Crippen LogP contribution in [0.4, 0.5) is 17.1 Å². The van der Waals surface area contributed by atoms with E-state index in [4.69, 9.17) is 8.83 Å². The van der Waals surface area contributed by atoms with Gasteiger partial charge in [-0.05, 0) is 172 Å². The van der Waals surface area contributed by atoms with E-state index in [0.717, 1.165) is 96.0 Å². The lowest BCUT2D eigenvalue weighted by Gasteiger charge is -2.34. The highest BCUT2D eigenvalue weighted by molar-refractivity contribution is 6.11. The Bertz CT molecular complexity index is 4980. The minimum Gasteiger partial charge on any atom is -0.455 e. The molecule has 0 spiro atoms. The van der Waals surface area contributed by atoms with Crippen LogP contribution < -0.4 is 4.90 Å². The molecule has 0 bridgehead atoms. The zero-order chi connectivity index (χ0) is 65.5. The fraction of sp³-hybridized carbons (Fsp3) is 0.234. The molecule has 0 saturated heterocycles. The molecule has 14 aromatic rings. The standard InChI is InChI=1S/C94H87NO2/c1-5-7-9-11-13-21-57-93(58-22-14-12-10-8-6-2)86-59-65(4)37-54-78(86)79-55-48-71(60-87(79)93)68-42-40-67(41-43-68)63-94(62-66-38-35-64(3)36-39-66)85-32-18-15-25-77(85)80-56-53-74(61-88(80)94)95(72-49-44-69(45-50-72)75-28-23-30-83-81-26-16-19-33-89(81)96-91(75)83)73-51-46-70(47-52-73)76-29-24-31-84-82-27-17-20-34-90(82)97-92(76)84/h15-20,23-56,59-61H,5-14,21-22,57-58,62-63H2,1-4H3. The minimum absolute atomic E-state index is 0.0197. The van der Waals surface area contributed by atoms with Gasteiger partial charge in [0.15, 0.2) is 0 Å². The summed E-state index contributed by atoms with van der Waals surface area (Å²) in [4.78, 5) is 2.46. The molecule has 2 aliphatic rings. The van der Waals surface area contributed by atoms with E-state index in [1.807, 2.05) is 12.1 Å². The van der Waals surface area contributed by atoms with Crippen molar-refractivity contribution in [3.8, 4) is 55.6 Å². The topological polar surface area (TPSA) is 29.5 Å². The number of benzene rings is 12. The fourth-order valence-electron chi connectivity index (χ4n) is 17.1. The van der Waals surface area contributed by atoms with Gasteiger partial charge in [0.2, 0.25) is 0 Å². The van der Waals surface area contributed by atoms with E-state index in [0.29, 0.717) is 0 Å². The molecule has 2 heterocycles. The number of furan rings is 2. The molecule has 16 rings (SSSR count). The summed E-state index contributed by atoms with van der Waals surface area (Å²) in [7, 11) is 0. The molecule has 480 valence electrons. The second-order valence-corrected chi connectivity index (χ2v) is 28.3. The maximum absolute atomic E-state index is 6.61. The molecule has 3 nitrogen and oxygen atoms in total. The number of anilines is 3. The molecule has 3 heteroatoms. The molecule has 0 N–H and O–H groups in total. The molecule has 0 amide bonds. The van der Waals surface area contributed by atoms with Gasteiger partial charge in [-0.25, -0.2) is 0 Å². The van der Waals surface area contributed by atoms with Crippen molar-refractivity contribution in [2.45, 2.75) is 141 Å². The first-order valence-corrected chi connectivity index (χ1v) is 36.2. The second-order valence-electron chi connectivity index (χ2n) is 28.3. The fourth-order valence-corrected chi connectivity index (χ4v) is 17.1. The first kappa shape index (κ1) is 61.9. The van der Waals surface area contributed by atoms with Crippen LogP contribution in [0.1, 0.15) is 148 Å². The van der Waals surface area contributed by atoms with Crippen LogP contribution in [0.25, 0.3) is 99.5 Å². The lowest BCUT2D eigenvalue weighted by Crippen LogP contribution is -2.31. The average molecular weight is 1260 g/mol. The maximum Gasteiger partial charge on any atom is 0.143 e. The number of nitrogens with zero attached hydrogens (tertiary/aromatic N) is 1. The van der Waals surface area contributed by atoms with Crippen molar-refractivity contribution in [3.05, 3.63) is 305 Å². The van der Waals surface area contributed by atoms with Gasteiger partial charge in [0.05, 0.1) is 0 Å². The molecule has 97 heavy (non-hydrogen) atoms. The normalized spacial score (nSPS) is 14.4. The summed E-state index contributed by atoms with van der Waals surface area (Å²) in [6.45, 7) is 9.16. The Kier molecular flexibility index (Phi) is 16.9. The van der Waals surface area contributed by atoms with E-state index >= 15 is 0 Å². The molecule has 2 aromatic heterocycles. The van der Waals surface area contributed by atoms with Crippen molar-refractivity contribution in [2.75, 3.05) is 4.90 Å². The second kappa shape index (κ2) is 26.6. The monoisotopic (exact) mass is 1260 g/mol. The number of rotatable bonds is 24. The largest absolute Gasteiger partial charge is 0.455 e. The Morgan fingerprint density at radius 3 is 1.28 bits per heavy atom. The third kappa shape index (κ3) is 11.5. The highest BCUT2D eigenvalue weighted by atomic mass is 16.3. The molecule has 0 saturated carbocycles. The van der Waals surface area contributed by atoms with Crippen molar-refractivity contribution in [2.24, 2.45) is 0 Å². The van der Waals surface area contributed by atoms with E-state index in [1.54, 1.807) is 11.1 Å². The van der Waals surface area contributed by atoms with Crippen LogP contribution in [0.5, 0.6) is 0 Å².